The van der Waals surface area contributed by atoms with Crippen LogP contribution in [-0.2, 0) is 16.0 Å². The zero-order valence-corrected chi connectivity index (χ0v) is 14.6. The zero-order chi connectivity index (χ0) is 16.4. The second-order valence-corrected chi connectivity index (χ2v) is 8.14. The number of nitrogens with one attached hydrogen (secondary N) is 1. The van der Waals surface area contributed by atoms with Crippen molar-refractivity contribution in [3.05, 3.63) is 27.5 Å². The van der Waals surface area contributed by atoms with Gasteiger partial charge in [0.1, 0.15) is 10.5 Å². The number of aromatic nitrogens is 1. The number of aliphatic carboxylic acids is 1. The van der Waals surface area contributed by atoms with E-state index in [2.05, 4.69) is 10.3 Å². The van der Waals surface area contributed by atoms with Gasteiger partial charge in [-0.15, -0.1) is 22.7 Å². The summed E-state index contributed by atoms with van der Waals surface area (Å²) in [5, 5.41) is 14.7. The molecule has 1 saturated carbocycles. The van der Waals surface area contributed by atoms with E-state index in [4.69, 9.17) is 11.6 Å². The molecule has 2 heterocycles. The monoisotopic (exact) mass is 370 g/mol. The Morgan fingerprint density at radius 2 is 2.09 bits per heavy atom. The van der Waals surface area contributed by atoms with Crippen LogP contribution in [0.5, 0.6) is 0 Å². The van der Waals surface area contributed by atoms with Crippen LogP contribution in [0, 0.1) is 0 Å². The Morgan fingerprint density at radius 1 is 1.35 bits per heavy atom. The summed E-state index contributed by atoms with van der Waals surface area (Å²) in [4.78, 5) is 29.1. The molecule has 2 aromatic rings. The van der Waals surface area contributed by atoms with E-state index in [0.29, 0.717) is 22.9 Å². The molecule has 0 radical (unpaired) electrons. The lowest BCUT2D eigenvalue weighted by Crippen LogP contribution is -2.52. The number of thiazole rings is 1. The van der Waals surface area contributed by atoms with Crippen LogP contribution in [0.15, 0.2) is 17.5 Å². The van der Waals surface area contributed by atoms with Gasteiger partial charge in [-0.25, -0.2) is 9.78 Å². The number of nitrogens with zero attached hydrogens (tertiary/aromatic N) is 1. The summed E-state index contributed by atoms with van der Waals surface area (Å²) in [7, 11) is 0. The molecule has 1 aliphatic carbocycles. The van der Waals surface area contributed by atoms with E-state index in [9.17, 15) is 14.7 Å². The third-order valence-electron chi connectivity index (χ3n) is 3.92. The third-order valence-corrected chi connectivity index (χ3v) is 6.21. The lowest BCUT2D eigenvalue weighted by Gasteiger charge is -2.25. The standard InChI is InChI=1S/C15H15ClN2O3S2/c16-11-4-3-10(23-11)13-17-9(8-22-13)7-12(19)18-15(14(20)21)5-1-2-6-15/h3-4,8H,1-2,5-7H2,(H,18,19)(H,20,21). The molecule has 0 aliphatic heterocycles. The van der Waals surface area contributed by atoms with Gasteiger partial charge in [-0.2, -0.15) is 0 Å². The Balaban J connectivity index is 1.66. The highest BCUT2D eigenvalue weighted by Crippen LogP contribution is 2.33. The van der Waals surface area contributed by atoms with Gasteiger partial charge < -0.3 is 10.4 Å². The summed E-state index contributed by atoms with van der Waals surface area (Å²) < 4.78 is 0.694. The maximum Gasteiger partial charge on any atom is 0.329 e. The van der Waals surface area contributed by atoms with Crippen LogP contribution >= 0.6 is 34.3 Å². The Kier molecular flexibility index (Phi) is 4.70. The van der Waals surface area contributed by atoms with Crippen molar-refractivity contribution in [2.24, 2.45) is 0 Å². The largest absolute Gasteiger partial charge is 0.480 e. The van der Waals surface area contributed by atoms with E-state index < -0.39 is 11.5 Å². The van der Waals surface area contributed by atoms with Crippen molar-refractivity contribution >= 4 is 46.2 Å². The first kappa shape index (κ1) is 16.4. The van der Waals surface area contributed by atoms with E-state index in [-0.39, 0.29) is 12.3 Å². The first-order valence-corrected chi connectivity index (χ1v) is 9.30. The molecule has 1 aliphatic rings. The van der Waals surface area contributed by atoms with E-state index in [1.807, 2.05) is 17.5 Å². The highest BCUT2D eigenvalue weighted by molar-refractivity contribution is 7.23. The Labute approximate surface area is 146 Å². The average molecular weight is 371 g/mol. The van der Waals surface area contributed by atoms with Gasteiger partial charge in [-0.1, -0.05) is 24.4 Å². The van der Waals surface area contributed by atoms with Gasteiger partial charge in [0.15, 0.2) is 0 Å². The maximum absolute atomic E-state index is 12.2. The molecular formula is C15H15ClN2O3S2. The topological polar surface area (TPSA) is 79.3 Å². The fraction of sp³-hybridized carbons (Fsp3) is 0.400. The van der Waals surface area contributed by atoms with Gasteiger partial charge in [0, 0.05) is 5.38 Å². The quantitative estimate of drug-likeness (QED) is 0.843. The fourth-order valence-electron chi connectivity index (χ4n) is 2.78. The zero-order valence-electron chi connectivity index (χ0n) is 12.2. The lowest BCUT2D eigenvalue weighted by molar-refractivity contribution is -0.147. The van der Waals surface area contributed by atoms with Crippen molar-refractivity contribution < 1.29 is 14.7 Å². The number of rotatable bonds is 5. The van der Waals surface area contributed by atoms with Crippen molar-refractivity contribution in [2.75, 3.05) is 0 Å². The normalized spacial score (nSPS) is 16.4. The SMILES string of the molecule is O=C(Cc1csc(-c2ccc(Cl)s2)n1)NC1(C(=O)O)CCCC1. The average Bonchev–Trinajstić information content (AvgIpc) is 3.20. The van der Waals surface area contributed by atoms with Gasteiger partial charge in [0.05, 0.1) is 21.3 Å². The maximum atomic E-state index is 12.2. The summed E-state index contributed by atoms with van der Waals surface area (Å²) in [5.41, 5.74) is -0.456. The smallest absolute Gasteiger partial charge is 0.329 e. The van der Waals surface area contributed by atoms with Crippen LogP contribution in [0.1, 0.15) is 31.4 Å². The molecule has 23 heavy (non-hydrogen) atoms. The summed E-state index contributed by atoms with van der Waals surface area (Å²) in [6.07, 6.45) is 2.72. The van der Waals surface area contributed by atoms with Gasteiger partial charge in [0.25, 0.3) is 0 Å². The molecule has 1 amide bonds. The number of thiophene rings is 1. The first-order chi connectivity index (χ1) is 11.0. The fourth-order valence-corrected chi connectivity index (χ4v) is 4.71. The minimum Gasteiger partial charge on any atom is -0.480 e. The summed E-state index contributed by atoms with van der Waals surface area (Å²) >= 11 is 8.81. The Bertz CT molecular complexity index is 735. The predicted octanol–water partition coefficient (Wildman–Crippen LogP) is 3.58. The second kappa shape index (κ2) is 6.59. The molecule has 0 aromatic carbocycles. The number of amides is 1. The molecule has 0 unspecified atom stereocenters. The summed E-state index contributed by atoms with van der Waals surface area (Å²) in [6.45, 7) is 0. The molecular weight excluding hydrogens is 356 g/mol. The summed E-state index contributed by atoms with van der Waals surface area (Å²) in [6, 6.07) is 3.71. The van der Waals surface area contributed by atoms with Crippen LogP contribution in [0.2, 0.25) is 4.34 Å². The molecule has 0 atom stereocenters. The predicted molar refractivity (Wildman–Crippen MR) is 91.1 cm³/mol. The third kappa shape index (κ3) is 3.57. The first-order valence-electron chi connectivity index (χ1n) is 7.23. The second-order valence-electron chi connectivity index (χ2n) is 5.57. The highest BCUT2D eigenvalue weighted by atomic mass is 35.5. The molecule has 0 bridgehead atoms. The van der Waals surface area contributed by atoms with Crippen molar-refractivity contribution in [3.63, 3.8) is 0 Å². The molecule has 8 heteroatoms. The number of hydrogen-bond acceptors (Lipinski definition) is 5. The van der Waals surface area contributed by atoms with Gasteiger partial charge in [-0.3, -0.25) is 4.79 Å². The molecule has 122 valence electrons. The highest BCUT2D eigenvalue weighted by Gasteiger charge is 2.42. The van der Waals surface area contributed by atoms with Gasteiger partial charge >= 0.3 is 5.97 Å². The molecule has 0 saturated heterocycles. The number of carbonyl (C=O) groups is 2. The Hall–Kier alpha value is -1.44. The van der Waals surface area contributed by atoms with Gasteiger partial charge in [-0.05, 0) is 25.0 Å². The number of carboxylic acids is 1. The minimum absolute atomic E-state index is 0.0879. The van der Waals surface area contributed by atoms with Gasteiger partial charge in [0.2, 0.25) is 5.91 Å². The van der Waals surface area contributed by atoms with Crippen LogP contribution in [0.4, 0.5) is 0 Å². The van der Waals surface area contributed by atoms with Crippen molar-refractivity contribution in [1.29, 1.82) is 0 Å². The minimum atomic E-state index is -1.10. The number of carboxylic acid groups (broad SMARTS) is 1. The van der Waals surface area contributed by atoms with Crippen molar-refractivity contribution in [1.82, 2.24) is 10.3 Å². The van der Waals surface area contributed by atoms with Crippen LogP contribution in [-0.4, -0.2) is 27.5 Å². The van der Waals surface area contributed by atoms with E-state index in [1.165, 1.54) is 22.7 Å². The number of halogens is 1. The lowest BCUT2D eigenvalue weighted by atomic mass is 9.97. The van der Waals surface area contributed by atoms with Crippen LogP contribution in [0.25, 0.3) is 9.88 Å². The molecule has 1 fully saturated rings. The number of hydrogen-bond donors (Lipinski definition) is 2. The van der Waals surface area contributed by atoms with Crippen molar-refractivity contribution in [2.45, 2.75) is 37.6 Å². The van der Waals surface area contributed by atoms with Crippen LogP contribution < -0.4 is 5.32 Å². The van der Waals surface area contributed by atoms with E-state index in [0.717, 1.165) is 22.7 Å². The molecule has 5 nitrogen and oxygen atoms in total. The van der Waals surface area contributed by atoms with E-state index >= 15 is 0 Å². The number of carbonyl (C=O) groups excluding carboxylic acids is 1. The molecule has 2 N–H and O–H groups in total. The molecule has 2 aromatic heterocycles. The van der Waals surface area contributed by atoms with Crippen molar-refractivity contribution in [3.8, 4) is 9.88 Å². The molecule has 0 spiro atoms. The van der Waals surface area contributed by atoms with E-state index in [1.54, 1.807) is 0 Å². The Morgan fingerprint density at radius 3 is 2.70 bits per heavy atom. The summed E-state index contributed by atoms with van der Waals surface area (Å²) in [5.74, 6) is -1.24. The molecule has 3 rings (SSSR count). The van der Waals surface area contributed by atoms with Crippen LogP contribution in [0.3, 0.4) is 0 Å².